The molecule has 37 heavy (non-hydrogen) atoms. The fraction of sp³-hybridized carbons (Fsp3) is 0.214. The molecule has 7 nitrogen and oxygen atoms in total. The zero-order valence-electron chi connectivity index (χ0n) is 20.3. The van der Waals surface area contributed by atoms with Crippen molar-refractivity contribution in [2.24, 2.45) is 5.92 Å². The summed E-state index contributed by atoms with van der Waals surface area (Å²) in [7, 11) is -3.98. The summed E-state index contributed by atoms with van der Waals surface area (Å²) in [4.78, 5) is 18.8. The molecule has 0 aliphatic carbocycles. The summed E-state index contributed by atoms with van der Waals surface area (Å²) in [5.41, 5.74) is 2.38. The molecule has 2 N–H and O–H groups in total. The molecule has 0 atom stereocenters. The van der Waals surface area contributed by atoms with E-state index in [0.29, 0.717) is 30.4 Å². The third kappa shape index (κ3) is 5.55. The van der Waals surface area contributed by atoms with E-state index < -0.39 is 10.0 Å². The summed E-state index contributed by atoms with van der Waals surface area (Å²) in [6, 6.07) is 21.1. The summed E-state index contributed by atoms with van der Waals surface area (Å²) >= 11 is 6.37. The van der Waals surface area contributed by atoms with E-state index in [1.54, 1.807) is 35.4 Å². The Morgan fingerprint density at radius 1 is 0.973 bits per heavy atom. The lowest BCUT2D eigenvalue weighted by Gasteiger charge is -2.30. The van der Waals surface area contributed by atoms with E-state index in [1.807, 2.05) is 36.4 Å². The maximum absolute atomic E-state index is 13.2. The standard InChI is InChI=1S/C28H27ClN4O3S/c1-19-12-15-33(16-13-19)28(34)31-22-9-10-26(25(29)18-22)37(35,36)32-23-7-4-6-21(17-23)27-24-8-3-2-5-20(24)11-14-30-27/h2-11,14,17-19,32H,12-13,15-16H2,1H3,(H,31,34). The highest BCUT2D eigenvalue weighted by Gasteiger charge is 2.22. The molecule has 3 aromatic carbocycles. The maximum atomic E-state index is 13.2. The smallest absolute Gasteiger partial charge is 0.321 e. The summed E-state index contributed by atoms with van der Waals surface area (Å²) in [5.74, 6) is 0.611. The first-order valence-electron chi connectivity index (χ1n) is 12.1. The van der Waals surface area contributed by atoms with E-state index >= 15 is 0 Å². The summed E-state index contributed by atoms with van der Waals surface area (Å²) in [6.07, 6.45) is 3.67. The Bertz CT molecular complexity index is 1560. The molecule has 9 heteroatoms. The van der Waals surface area contributed by atoms with Crippen LogP contribution >= 0.6 is 11.6 Å². The fourth-order valence-electron chi connectivity index (χ4n) is 4.50. The summed E-state index contributed by atoms with van der Waals surface area (Å²) < 4.78 is 29.0. The fourth-order valence-corrected chi connectivity index (χ4v) is 6.10. The van der Waals surface area contributed by atoms with Crippen molar-refractivity contribution in [3.63, 3.8) is 0 Å². The van der Waals surface area contributed by atoms with Crippen LogP contribution in [-0.2, 0) is 10.0 Å². The van der Waals surface area contributed by atoms with E-state index in [9.17, 15) is 13.2 Å². The Morgan fingerprint density at radius 3 is 2.54 bits per heavy atom. The normalized spacial score (nSPS) is 14.5. The maximum Gasteiger partial charge on any atom is 0.321 e. The van der Waals surface area contributed by atoms with Crippen LogP contribution in [0.4, 0.5) is 16.2 Å². The lowest BCUT2D eigenvalue weighted by atomic mass is 10.00. The van der Waals surface area contributed by atoms with Crippen molar-refractivity contribution in [2.75, 3.05) is 23.1 Å². The molecule has 190 valence electrons. The quantitative estimate of drug-likeness (QED) is 0.301. The predicted octanol–water partition coefficient (Wildman–Crippen LogP) is 6.62. The van der Waals surface area contributed by atoms with E-state index in [-0.39, 0.29) is 15.9 Å². The number of nitrogens with zero attached hydrogens (tertiary/aromatic N) is 2. The number of benzene rings is 3. The molecule has 1 saturated heterocycles. The molecule has 2 amide bonds. The minimum absolute atomic E-state index is 0.0180. The number of aromatic nitrogens is 1. The van der Waals surface area contributed by atoms with Gasteiger partial charge in [-0.1, -0.05) is 54.9 Å². The average Bonchev–Trinajstić information content (AvgIpc) is 2.88. The van der Waals surface area contributed by atoms with Crippen LogP contribution in [0.25, 0.3) is 22.0 Å². The molecule has 0 unspecified atom stereocenters. The molecule has 4 aromatic rings. The van der Waals surface area contributed by atoms with Crippen LogP contribution in [0.1, 0.15) is 19.8 Å². The Hall–Kier alpha value is -3.62. The molecule has 0 spiro atoms. The average molecular weight is 535 g/mol. The zero-order chi connectivity index (χ0) is 26.0. The molecule has 5 rings (SSSR count). The number of hydrogen-bond donors (Lipinski definition) is 2. The molecule has 1 aliphatic heterocycles. The number of carbonyl (C=O) groups excluding carboxylic acids is 1. The van der Waals surface area contributed by atoms with Crippen molar-refractivity contribution in [3.8, 4) is 11.3 Å². The minimum Gasteiger partial charge on any atom is -0.325 e. The topological polar surface area (TPSA) is 91.4 Å². The minimum atomic E-state index is -3.98. The highest BCUT2D eigenvalue weighted by molar-refractivity contribution is 7.92. The van der Waals surface area contributed by atoms with Crippen LogP contribution in [0.5, 0.6) is 0 Å². The number of urea groups is 1. The van der Waals surface area contributed by atoms with Crippen LogP contribution in [-0.4, -0.2) is 37.4 Å². The largest absolute Gasteiger partial charge is 0.325 e. The van der Waals surface area contributed by atoms with Gasteiger partial charge in [0.2, 0.25) is 0 Å². The molecule has 0 radical (unpaired) electrons. The monoisotopic (exact) mass is 534 g/mol. The lowest BCUT2D eigenvalue weighted by molar-refractivity contribution is 0.186. The van der Waals surface area contributed by atoms with Gasteiger partial charge in [-0.2, -0.15) is 0 Å². The van der Waals surface area contributed by atoms with Gasteiger partial charge in [0, 0.05) is 41.6 Å². The molecule has 2 heterocycles. The van der Waals surface area contributed by atoms with Gasteiger partial charge < -0.3 is 10.2 Å². The SMILES string of the molecule is CC1CCN(C(=O)Nc2ccc(S(=O)(=O)Nc3cccc(-c4nccc5ccccc45)c3)c(Cl)c2)CC1. The summed E-state index contributed by atoms with van der Waals surface area (Å²) in [6.45, 7) is 3.58. The van der Waals surface area contributed by atoms with E-state index in [0.717, 1.165) is 34.9 Å². The third-order valence-corrected chi connectivity index (χ3v) is 8.47. The second-order valence-corrected chi connectivity index (χ2v) is 11.4. The first kappa shape index (κ1) is 25.0. The predicted molar refractivity (Wildman–Crippen MR) is 148 cm³/mol. The molecule has 1 aliphatic rings. The van der Waals surface area contributed by atoms with Gasteiger partial charge in [-0.05, 0) is 60.5 Å². The van der Waals surface area contributed by atoms with E-state index in [1.165, 1.54) is 12.1 Å². The van der Waals surface area contributed by atoms with Gasteiger partial charge in [0.15, 0.2) is 0 Å². The number of sulfonamides is 1. The van der Waals surface area contributed by atoms with Crippen LogP contribution in [0.15, 0.2) is 83.9 Å². The van der Waals surface area contributed by atoms with E-state index in [2.05, 4.69) is 21.9 Å². The number of halogens is 1. The first-order valence-corrected chi connectivity index (χ1v) is 14.0. The molecule has 0 bridgehead atoms. The Morgan fingerprint density at radius 2 is 1.76 bits per heavy atom. The first-order chi connectivity index (χ1) is 17.8. The van der Waals surface area contributed by atoms with Crippen molar-refractivity contribution in [1.29, 1.82) is 0 Å². The molecule has 1 fully saturated rings. The number of fused-ring (bicyclic) bond motifs is 1. The van der Waals surface area contributed by atoms with E-state index in [4.69, 9.17) is 11.6 Å². The molecular formula is C28H27ClN4O3S. The van der Waals surface area contributed by atoms with Gasteiger partial charge in [-0.3, -0.25) is 9.71 Å². The number of anilines is 2. The number of hydrogen-bond acceptors (Lipinski definition) is 4. The van der Waals surface area contributed by atoms with Crippen molar-refractivity contribution >= 4 is 49.8 Å². The van der Waals surface area contributed by atoms with Gasteiger partial charge in [0.05, 0.1) is 10.7 Å². The number of amides is 2. The van der Waals surface area contributed by atoms with Crippen LogP contribution < -0.4 is 10.0 Å². The van der Waals surface area contributed by atoms with Crippen LogP contribution in [0, 0.1) is 5.92 Å². The zero-order valence-corrected chi connectivity index (χ0v) is 21.9. The second-order valence-electron chi connectivity index (χ2n) is 9.31. The molecular weight excluding hydrogens is 508 g/mol. The molecule has 0 saturated carbocycles. The van der Waals surface area contributed by atoms with Crippen molar-refractivity contribution in [1.82, 2.24) is 9.88 Å². The number of pyridine rings is 1. The van der Waals surface area contributed by atoms with Gasteiger partial charge in [0.1, 0.15) is 4.90 Å². The Labute approximate surface area is 221 Å². The van der Waals surface area contributed by atoms with Crippen LogP contribution in [0.2, 0.25) is 5.02 Å². The number of piperidine rings is 1. The Balaban J connectivity index is 1.34. The van der Waals surface area contributed by atoms with Crippen molar-refractivity contribution < 1.29 is 13.2 Å². The summed E-state index contributed by atoms with van der Waals surface area (Å²) in [5, 5.41) is 4.86. The number of carbonyl (C=O) groups is 1. The number of nitrogens with one attached hydrogen (secondary N) is 2. The third-order valence-electron chi connectivity index (χ3n) is 6.61. The highest BCUT2D eigenvalue weighted by atomic mass is 35.5. The Kier molecular flexibility index (Phi) is 7.04. The van der Waals surface area contributed by atoms with Crippen molar-refractivity contribution in [2.45, 2.75) is 24.7 Å². The molecule has 1 aromatic heterocycles. The highest BCUT2D eigenvalue weighted by Crippen LogP contribution is 2.31. The number of rotatable bonds is 5. The second kappa shape index (κ2) is 10.4. The van der Waals surface area contributed by atoms with Crippen LogP contribution in [0.3, 0.4) is 0 Å². The van der Waals surface area contributed by atoms with Gasteiger partial charge >= 0.3 is 6.03 Å². The van der Waals surface area contributed by atoms with Gasteiger partial charge in [0.25, 0.3) is 10.0 Å². The van der Waals surface area contributed by atoms with Gasteiger partial charge in [-0.25, -0.2) is 13.2 Å². The van der Waals surface area contributed by atoms with Crippen molar-refractivity contribution in [3.05, 3.63) is 84.0 Å². The van der Waals surface area contributed by atoms with Gasteiger partial charge in [-0.15, -0.1) is 0 Å². The lowest BCUT2D eigenvalue weighted by Crippen LogP contribution is -2.40. The number of likely N-dealkylation sites (tertiary alicyclic amines) is 1.